The molecule has 3 aromatic rings. The summed E-state index contributed by atoms with van der Waals surface area (Å²) in [6.07, 6.45) is 0.230. The van der Waals surface area contributed by atoms with Gasteiger partial charge in [0, 0.05) is 23.1 Å². The van der Waals surface area contributed by atoms with Gasteiger partial charge in [0.15, 0.2) is 0 Å². The lowest BCUT2D eigenvalue weighted by Gasteiger charge is -2.25. The molecule has 1 N–H and O–H groups in total. The Morgan fingerprint density at radius 3 is 2.26 bits per heavy atom. The van der Waals surface area contributed by atoms with Gasteiger partial charge in [0.05, 0.1) is 12.0 Å². The largest absolute Gasteiger partial charge is 0.457 e. The van der Waals surface area contributed by atoms with Gasteiger partial charge in [-0.1, -0.05) is 46.3 Å². The minimum absolute atomic E-state index is 0.00903. The van der Waals surface area contributed by atoms with Crippen LogP contribution in [0.2, 0.25) is 0 Å². The summed E-state index contributed by atoms with van der Waals surface area (Å²) in [4.78, 5) is 27.1. The molecule has 2 atom stereocenters. The number of anilines is 1. The zero-order valence-electron chi connectivity index (χ0n) is 17.1. The molecule has 0 bridgehead atoms. The number of carbonyl (C=O) groups is 2. The number of hydrogen-bond acceptors (Lipinski definition) is 3. The van der Waals surface area contributed by atoms with Crippen molar-refractivity contribution in [3.8, 4) is 11.5 Å². The number of halogens is 1. The van der Waals surface area contributed by atoms with Crippen molar-refractivity contribution in [2.24, 2.45) is 5.92 Å². The molecular weight excluding hydrogens is 456 g/mol. The Bertz CT molecular complexity index is 1050. The third kappa shape index (κ3) is 5.14. The van der Waals surface area contributed by atoms with Crippen LogP contribution in [0.4, 0.5) is 5.69 Å². The fourth-order valence-corrected chi connectivity index (χ4v) is 3.95. The van der Waals surface area contributed by atoms with Crippen molar-refractivity contribution >= 4 is 33.4 Å². The Kier molecular flexibility index (Phi) is 6.37. The maximum Gasteiger partial charge on any atom is 0.229 e. The number of ether oxygens (including phenoxy) is 1. The van der Waals surface area contributed by atoms with E-state index >= 15 is 0 Å². The molecule has 1 aliphatic heterocycles. The summed E-state index contributed by atoms with van der Waals surface area (Å²) in [7, 11) is 0. The van der Waals surface area contributed by atoms with Crippen LogP contribution >= 0.6 is 15.9 Å². The molecule has 31 heavy (non-hydrogen) atoms. The van der Waals surface area contributed by atoms with Gasteiger partial charge in [-0.25, -0.2) is 0 Å². The van der Waals surface area contributed by atoms with Crippen molar-refractivity contribution in [1.29, 1.82) is 0 Å². The molecule has 6 heteroatoms. The van der Waals surface area contributed by atoms with Crippen LogP contribution in [-0.4, -0.2) is 23.3 Å². The topological polar surface area (TPSA) is 58.6 Å². The van der Waals surface area contributed by atoms with E-state index in [-0.39, 0.29) is 30.2 Å². The smallest absolute Gasteiger partial charge is 0.229 e. The first kappa shape index (κ1) is 21.1. The van der Waals surface area contributed by atoms with Crippen LogP contribution in [0.5, 0.6) is 11.5 Å². The standard InChI is InChI=1S/C25H23BrN2O3/c1-17(18-5-3-2-4-6-18)28-16-19(15-24(28)29)25(30)27-21-9-13-23(14-10-21)31-22-11-7-20(26)8-12-22/h2-14,17,19H,15-16H2,1H3,(H,27,30)/t17-,19+/m1/s1. The molecule has 0 radical (unpaired) electrons. The number of amides is 2. The minimum atomic E-state index is -0.364. The number of benzene rings is 3. The van der Waals surface area contributed by atoms with Gasteiger partial charge in [0.25, 0.3) is 0 Å². The molecule has 0 unspecified atom stereocenters. The normalized spacial score (nSPS) is 16.8. The molecule has 1 heterocycles. The fourth-order valence-electron chi connectivity index (χ4n) is 3.68. The summed E-state index contributed by atoms with van der Waals surface area (Å²) < 4.78 is 6.79. The number of nitrogens with zero attached hydrogens (tertiary/aromatic N) is 1. The lowest BCUT2D eigenvalue weighted by atomic mass is 10.1. The highest BCUT2D eigenvalue weighted by atomic mass is 79.9. The summed E-state index contributed by atoms with van der Waals surface area (Å²) in [5, 5.41) is 2.92. The van der Waals surface area contributed by atoms with Gasteiger partial charge >= 0.3 is 0 Å². The molecule has 5 nitrogen and oxygen atoms in total. The van der Waals surface area contributed by atoms with Crippen LogP contribution in [0.15, 0.2) is 83.3 Å². The molecule has 1 fully saturated rings. The van der Waals surface area contributed by atoms with E-state index in [0.717, 1.165) is 15.8 Å². The zero-order chi connectivity index (χ0) is 21.8. The first-order chi connectivity index (χ1) is 15.0. The van der Waals surface area contributed by atoms with E-state index in [2.05, 4.69) is 21.2 Å². The average Bonchev–Trinajstić information content (AvgIpc) is 3.18. The minimum Gasteiger partial charge on any atom is -0.457 e. The second kappa shape index (κ2) is 9.35. The van der Waals surface area contributed by atoms with Crippen molar-refractivity contribution in [1.82, 2.24) is 4.90 Å². The van der Waals surface area contributed by atoms with Gasteiger partial charge in [-0.05, 0) is 61.0 Å². The van der Waals surface area contributed by atoms with Gasteiger partial charge in [-0.3, -0.25) is 9.59 Å². The molecular formula is C25H23BrN2O3. The van der Waals surface area contributed by atoms with Gasteiger partial charge in [-0.15, -0.1) is 0 Å². The van der Waals surface area contributed by atoms with E-state index in [1.54, 1.807) is 29.2 Å². The van der Waals surface area contributed by atoms with E-state index in [1.165, 1.54) is 0 Å². The van der Waals surface area contributed by atoms with E-state index in [4.69, 9.17) is 4.74 Å². The number of rotatable bonds is 6. The highest BCUT2D eigenvalue weighted by Crippen LogP contribution is 2.30. The summed E-state index contributed by atoms with van der Waals surface area (Å²) in [5.41, 5.74) is 1.74. The number of hydrogen-bond donors (Lipinski definition) is 1. The summed E-state index contributed by atoms with van der Waals surface area (Å²) >= 11 is 3.40. The lowest BCUT2D eigenvalue weighted by molar-refractivity contribution is -0.129. The van der Waals surface area contributed by atoms with Crippen molar-refractivity contribution in [2.45, 2.75) is 19.4 Å². The number of nitrogens with one attached hydrogen (secondary N) is 1. The van der Waals surface area contributed by atoms with Gasteiger partial charge in [0.1, 0.15) is 11.5 Å². The Morgan fingerprint density at radius 2 is 1.61 bits per heavy atom. The first-order valence-corrected chi connectivity index (χ1v) is 11.0. The van der Waals surface area contributed by atoms with Crippen LogP contribution in [0, 0.1) is 5.92 Å². The van der Waals surface area contributed by atoms with E-state index in [0.29, 0.717) is 18.0 Å². The van der Waals surface area contributed by atoms with Crippen LogP contribution < -0.4 is 10.1 Å². The predicted octanol–water partition coefficient (Wildman–Crippen LogP) is 5.79. The molecule has 2 amide bonds. The Labute approximate surface area is 190 Å². The SMILES string of the molecule is C[C@H](c1ccccc1)N1C[C@@H](C(=O)Nc2ccc(Oc3ccc(Br)cc3)cc2)CC1=O. The van der Waals surface area contributed by atoms with Gasteiger partial charge in [-0.2, -0.15) is 0 Å². The van der Waals surface area contributed by atoms with Gasteiger partial charge < -0.3 is 15.0 Å². The molecule has 1 saturated heterocycles. The third-order valence-corrected chi connectivity index (χ3v) is 5.98. The van der Waals surface area contributed by atoms with Crippen LogP contribution in [0.25, 0.3) is 0 Å². The molecule has 0 saturated carbocycles. The van der Waals surface area contributed by atoms with Crippen molar-refractivity contribution in [3.05, 3.63) is 88.9 Å². The lowest BCUT2D eigenvalue weighted by Crippen LogP contribution is -2.30. The molecule has 1 aliphatic rings. The molecule has 4 rings (SSSR count). The maximum atomic E-state index is 12.7. The quantitative estimate of drug-likeness (QED) is 0.487. The molecule has 0 spiro atoms. The Hall–Kier alpha value is -3.12. The van der Waals surface area contributed by atoms with Crippen molar-refractivity contribution in [3.63, 3.8) is 0 Å². The summed E-state index contributed by atoms with van der Waals surface area (Å²) in [5.74, 6) is 0.918. The van der Waals surface area contributed by atoms with Crippen LogP contribution in [0.3, 0.4) is 0 Å². The van der Waals surface area contributed by atoms with Crippen molar-refractivity contribution in [2.75, 3.05) is 11.9 Å². The number of likely N-dealkylation sites (tertiary alicyclic amines) is 1. The summed E-state index contributed by atoms with van der Waals surface area (Å²) in [6, 6.07) is 24.6. The Balaban J connectivity index is 1.35. The molecule has 0 aliphatic carbocycles. The van der Waals surface area contributed by atoms with Gasteiger partial charge in [0.2, 0.25) is 11.8 Å². The third-order valence-electron chi connectivity index (χ3n) is 5.45. The molecule has 0 aromatic heterocycles. The van der Waals surface area contributed by atoms with E-state index in [9.17, 15) is 9.59 Å². The van der Waals surface area contributed by atoms with E-state index < -0.39 is 0 Å². The second-order valence-corrected chi connectivity index (χ2v) is 8.52. The first-order valence-electron chi connectivity index (χ1n) is 10.2. The predicted molar refractivity (Wildman–Crippen MR) is 124 cm³/mol. The van der Waals surface area contributed by atoms with Crippen LogP contribution in [0.1, 0.15) is 24.9 Å². The average molecular weight is 479 g/mol. The molecule has 158 valence electrons. The monoisotopic (exact) mass is 478 g/mol. The van der Waals surface area contributed by atoms with Crippen molar-refractivity contribution < 1.29 is 14.3 Å². The maximum absolute atomic E-state index is 12.7. The molecule has 3 aromatic carbocycles. The summed E-state index contributed by atoms with van der Waals surface area (Å²) in [6.45, 7) is 2.42. The zero-order valence-corrected chi connectivity index (χ0v) is 18.7. The Morgan fingerprint density at radius 1 is 1.00 bits per heavy atom. The van der Waals surface area contributed by atoms with E-state index in [1.807, 2.05) is 61.5 Å². The number of carbonyl (C=O) groups excluding carboxylic acids is 2. The highest BCUT2D eigenvalue weighted by Gasteiger charge is 2.37. The fraction of sp³-hybridized carbons (Fsp3) is 0.200. The highest BCUT2D eigenvalue weighted by molar-refractivity contribution is 9.10. The van der Waals surface area contributed by atoms with Crippen LogP contribution in [-0.2, 0) is 9.59 Å². The second-order valence-electron chi connectivity index (χ2n) is 7.60.